The highest BCUT2D eigenvalue weighted by atomic mass is 32.1. The van der Waals surface area contributed by atoms with Gasteiger partial charge in [-0.25, -0.2) is 4.98 Å². The minimum absolute atomic E-state index is 0.705. The second-order valence-electron chi connectivity index (χ2n) is 3.66. The molecule has 1 saturated heterocycles. The van der Waals surface area contributed by atoms with Crippen LogP contribution in [0.1, 0.15) is 25.1 Å². The summed E-state index contributed by atoms with van der Waals surface area (Å²) < 4.78 is 4.12. The number of nitrogens with zero attached hydrogens (tertiary/aromatic N) is 2. The number of nitrogens with one attached hydrogen (secondary N) is 2. The third-order valence-corrected chi connectivity index (χ3v) is 3.22. The summed E-state index contributed by atoms with van der Waals surface area (Å²) in [6, 6.07) is 0.705. The van der Waals surface area contributed by atoms with Crippen LogP contribution in [0, 0.1) is 6.92 Å². The van der Waals surface area contributed by atoms with Crippen molar-refractivity contribution in [3.05, 3.63) is 5.82 Å². The second-order valence-corrected chi connectivity index (χ2v) is 4.41. The lowest BCUT2D eigenvalue weighted by molar-refractivity contribution is 0.574. The Bertz CT molecular complexity index is 280. The molecule has 1 aromatic heterocycles. The van der Waals surface area contributed by atoms with Crippen LogP contribution in [-0.2, 0) is 0 Å². The number of aryl methyl sites for hydroxylation is 1. The molecule has 4 nitrogen and oxygen atoms in total. The average molecular weight is 212 g/mol. The first kappa shape index (κ1) is 9.86. The molecule has 0 bridgehead atoms. The van der Waals surface area contributed by atoms with E-state index in [-0.39, 0.29) is 0 Å². The van der Waals surface area contributed by atoms with E-state index in [1.54, 1.807) is 0 Å². The summed E-state index contributed by atoms with van der Waals surface area (Å²) in [6.45, 7) is 4.09. The Morgan fingerprint density at radius 1 is 1.64 bits per heavy atom. The van der Waals surface area contributed by atoms with Crippen LogP contribution in [0.5, 0.6) is 0 Å². The van der Waals surface area contributed by atoms with E-state index >= 15 is 0 Å². The molecule has 0 amide bonds. The minimum Gasteiger partial charge on any atom is -0.360 e. The van der Waals surface area contributed by atoms with Gasteiger partial charge in [-0.3, -0.25) is 0 Å². The van der Waals surface area contributed by atoms with Crippen LogP contribution >= 0.6 is 11.5 Å². The van der Waals surface area contributed by atoms with E-state index in [2.05, 4.69) is 20.0 Å². The summed E-state index contributed by atoms with van der Waals surface area (Å²) in [5.74, 6) is 0.858. The van der Waals surface area contributed by atoms with Crippen molar-refractivity contribution >= 4 is 16.7 Å². The topological polar surface area (TPSA) is 49.8 Å². The van der Waals surface area contributed by atoms with Gasteiger partial charge in [0.05, 0.1) is 0 Å². The molecule has 78 valence electrons. The van der Waals surface area contributed by atoms with Gasteiger partial charge in [0.25, 0.3) is 0 Å². The minimum atomic E-state index is 0.705. The Morgan fingerprint density at radius 3 is 3.21 bits per heavy atom. The molecule has 1 aliphatic heterocycles. The maximum Gasteiger partial charge on any atom is 0.202 e. The van der Waals surface area contributed by atoms with Gasteiger partial charge in [-0.15, -0.1) is 0 Å². The van der Waals surface area contributed by atoms with Gasteiger partial charge in [-0.05, 0) is 32.7 Å². The van der Waals surface area contributed by atoms with E-state index in [9.17, 15) is 0 Å². The van der Waals surface area contributed by atoms with E-state index < -0.39 is 0 Å². The van der Waals surface area contributed by atoms with E-state index in [1.165, 1.54) is 37.3 Å². The van der Waals surface area contributed by atoms with Crippen molar-refractivity contribution in [3.8, 4) is 0 Å². The Balaban J connectivity index is 1.67. The fourth-order valence-electron chi connectivity index (χ4n) is 1.73. The van der Waals surface area contributed by atoms with Crippen molar-refractivity contribution in [1.29, 1.82) is 0 Å². The van der Waals surface area contributed by atoms with E-state index in [0.29, 0.717) is 6.04 Å². The Morgan fingerprint density at radius 2 is 2.57 bits per heavy atom. The second kappa shape index (κ2) is 4.70. The quantitative estimate of drug-likeness (QED) is 0.792. The lowest BCUT2D eigenvalue weighted by Crippen LogP contribution is -2.24. The molecule has 0 saturated carbocycles. The summed E-state index contributed by atoms with van der Waals surface area (Å²) in [7, 11) is 0. The molecule has 1 unspecified atom stereocenters. The standard InChI is InChI=1S/C9H16N4S/c1-7-12-9(14-13-7)11-6-4-8-3-2-5-10-8/h8,10H,2-6H2,1H3,(H,11,12,13). The monoisotopic (exact) mass is 212 g/mol. The summed E-state index contributed by atoms with van der Waals surface area (Å²) in [6.07, 6.45) is 3.82. The molecular formula is C9H16N4S. The Kier molecular flexibility index (Phi) is 3.31. The van der Waals surface area contributed by atoms with Crippen LogP contribution < -0.4 is 10.6 Å². The lowest BCUT2D eigenvalue weighted by Gasteiger charge is -2.09. The molecule has 0 aliphatic carbocycles. The van der Waals surface area contributed by atoms with Crippen molar-refractivity contribution < 1.29 is 0 Å². The molecular weight excluding hydrogens is 196 g/mol. The molecule has 0 radical (unpaired) electrons. The van der Waals surface area contributed by atoms with Crippen molar-refractivity contribution in [1.82, 2.24) is 14.7 Å². The predicted molar refractivity (Wildman–Crippen MR) is 58.8 cm³/mol. The third-order valence-electron chi connectivity index (χ3n) is 2.46. The smallest absolute Gasteiger partial charge is 0.202 e. The van der Waals surface area contributed by atoms with Gasteiger partial charge in [-0.1, -0.05) is 0 Å². The molecule has 0 spiro atoms. The zero-order valence-corrected chi connectivity index (χ0v) is 9.23. The maximum atomic E-state index is 4.25. The normalized spacial score (nSPS) is 21.4. The number of rotatable bonds is 4. The van der Waals surface area contributed by atoms with Crippen LogP contribution in [0.2, 0.25) is 0 Å². The van der Waals surface area contributed by atoms with E-state index in [4.69, 9.17) is 0 Å². The number of anilines is 1. The van der Waals surface area contributed by atoms with Gasteiger partial charge in [0.15, 0.2) is 0 Å². The zero-order valence-electron chi connectivity index (χ0n) is 8.42. The molecule has 1 fully saturated rings. The van der Waals surface area contributed by atoms with Gasteiger partial charge in [0.2, 0.25) is 5.13 Å². The highest BCUT2D eigenvalue weighted by molar-refractivity contribution is 7.09. The molecule has 0 aromatic carbocycles. The zero-order chi connectivity index (χ0) is 9.80. The summed E-state index contributed by atoms with van der Waals surface area (Å²) >= 11 is 1.44. The summed E-state index contributed by atoms with van der Waals surface area (Å²) in [5.41, 5.74) is 0. The summed E-state index contributed by atoms with van der Waals surface area (Å²) in [4.78, 5) is 4.25. The van der Waals surface area contributed by atoms with Crippen molar-refractivity contribution in [2.45, 2.75) is 32.2 Å². The van der Waals surface area contributed by atoms with Gasteiger partial charge in [-0.2, -0.15) is 4.37 Å². The first-order chi connectivity index (χ1) is 6.84. The molecule has 2 rings (SSSR count). The fraction of sp³-hybridized carbons (Fsp3) is 0.778. The van der Waals surface area contributed by atoms with Gasteiger partial charge in [0, 0.05) is 24.1 Å². The lowest BCUT2D eigenvalue weighted by atomic mass is 10.2. The molecule has 2 N–H and O–H groups in total. The SMILES string of the molecule is Cc1nsc(NCCC2CCCN2)n1. The van der Waals surface area contributed by atoms with E-state index in [0.717, 1.165) is 17.5 Å². The van der Waals surface area contributed by atoms with Crippen molar-refractivity contribution in [2.75, 3.05) is 18.4 Å². The van der Waals surface area contributed by atoms with Crippen LogP contribution in [-0.4, -0.2) is 28.5 Å². The maximum absolute atomic E-state index is 4.25. The average Bonchev–Trinajstić information content (AvgIpc) is 2.77. The number of hydrogen-bond donors (Lipinski definition) is 2. The molecule has 2 heterocycles. The van der Waals surface area contributed by atoms with Crippen LogP contribution in [0.25, 0.3) is 0 Å². The molecule has 1 atom stereocenters. The molecule has 5 heteroatoms. The fourth-order valence-corrected chi connectivity index (χ4v) is 2.32. The Hall–Kier alpha value is -0.680. The van der Waals surface area contributed by atoms with Crippen LogP contribution in [0.3, 0.4) is 0 Å². The van der Waals surface area contributed by atoms with Crippen molar-refractivity contribution in [2.24, 2.45) is 0 Å². The van der Waals surface area contributed by atoms with Crippen molar-refractivity contribution in [3.63, 3.8) is 0 Å². The van der Waals surface area contributed by atoms with Gasteiger partial charge in [0.1, 0.15) is 5.82 Å². The predicted octanol–water partition coefficient (Wildman–Crippen LogP) is 1.40. The highest BCUT2D eigenvalue weighted by Crippen LogP contribution is 2.12. The number of hydrogen-bond acceptors (Lipinski definition) is 5. The summed E-state index contributed by atoms with van der Waals surface area (Å²) in [5, 5.41) is 7.72. The molecule has 14 heavy (non-hydrogen) atoms. The molecule has 1 aliphatic rings. The number of aromatic nitrogens is 2. The van der Waals surface area contributed by atoms with Gasteiger partial charge >= 0.3 is 0 Å². The largest absolute Gasteiger partial charge is 0.360 e. The highest BCUT2D eigenvalue weighted by Gasteiger charge is 2.13. The molecule has 1 aromatic rings. The van der Waals surface area contributed by atoms with E-state index in [1.807, 2.05) is 6.92 Å². The first-order valence-corrected chi connectivity index (χ1v) is 5.89. The Labute approximate surface area is 88.3 Å². The van der Waals surface area contributed by atoms with Crippen LogP contribution in [0.15, 0.2) is 0 Å². The van der Waals surface area contributed by atoms with Gasteiger partial charge < -0.3 is 10.6 Å². The first-order valence-electron chi connectivity index (χ1n) is 5.12. The van der Waals surface area contributed by atoms with Crippen LogP contribution in [0.4, 0.5) is 5.13 Å². The third kappa shape index (κ3) is 2.65.